The van der Waals surface area contributed by atoms with Gasteiger partial charge in [0.05, 0.1) is 17.8 Å². The Morgan fingerprint density at radius 3 is 2.52 bits per heavy atom. The summed E-state index contributed by atoms with van der Waals surface area (Å²) in [5.74, 6) is -0.359. The third-order valence-electron chi connectivity index (χ3n) is 7.50. The molecule has 0 unspecified atom stereocenters. The van der Waals surface area contributed by atoms with Crippen LogP contribution in [-0.4, -0.2) is 58.1 Å². The predicted octanol–water partition coefficient (Wildman–Crippen LogP) is 5.73. The van der Waals surface area contributed by atoms with Gasteiger partial charge in [-0.15, -0.1) is 0 Å². The maximum Gasteiger partial charge on any atom is 0.335 e. The topological polar surface area (TPSA) is 87.5 Å². The third-order valence-corrected chi connectivity index (χ3v) is 8.95. The van der Waals surface area contributed by atoms with Gasteiger partial charge in [0.2, 0.25) is 5.91 Å². The zero-order valence-electron chi connectivity index (χ0n) is 22.5. The molecule has 0 aliphatic carbocycles. The summed E-state index contributed by atoms with van der Waals surface area (Å²) in [6, 6.07) is 21.5. The number of amides is 1. The van der Waals surface area contributed by atoms with Gasteiger partial charge < -0.3 is 19.9 Å². The molecule has 0 bridgehead atoms. The number of imidazole rings is 1. The normalized spacial score (nSPS) is 14.4. The molecule has 4 aromatic rings. The van der Waals surface area contributed by atoms with Crippen molar-refractivity contribution in [2.45, 2.75) is 36.7 Å². The number of rotatable bonds is 10. The molecular weight excluding hydrogens is 544 g/mol. The van der Waals surface area contributed by atoms with Crippen molar-refractivity contribution in [2.75, 3.05) is 26.7 Å². The molecule has 3 aromatic carbocycles. The first-order chi connectivity index (χ1) is 19.4. The number of hydrogen-bond acceptors (Lipinski definition) is 5. The molecule has 5 rings (SSSR count). The standard InChI is InChI=1S/C31H33ClN4O3S/c1-35-17-14-22(15-18-35)29(37)33-16-13-27-28(32)36(19-23-10-6-9-21-7-2-4-11-25(21)23)31(34-27)40-20-24-8-3-5-12-26(24)30(38)39/h2-12,22H,13-20H2,1H3,(H,33,37)(H,38,39). The molecule has 0 atom stereocenters. The van der Waals surface area contributed by atoms with Crippen LogP contribution in [-0.2, 0) is 23.5 Å². The van der Waals surface area contributed by atoms with E-state index in [1.807, 2.05) is 34.9 Å². The minimum atomic E-state index is -0.950. The van der Waals surface area contributed by atoms with Crippen molar-refractivity contribution in [1.29, 1.82) is 0 Å². The Balaban J connectivity index is 1.37. The highest BCUT2D eigenvalue weighted by Gasteiger charge is 2.24. The quantitative estimate of drug-likeness (QED) is 0.235. The smallest absolute Gasteiger partial charge is 0.335 e. The van der Waals surface area contributed by atoms with Crippen molar-refractivity contribution < 1.29 is 14.7 Å². The first kappa shape index (κ1) is 28.2. The van der Waals surface area contributed by atoms with E-state index in [1.165, 1.54) is 11.8 Å². The van der Waals surface area contributed by atoms with E-state index in [0.29, 0.717) is 30.4 Å². The number of thioether (sulfide) groups is 1. The van der Waals surface area contributed by atoms with E-state index in [2.05, 4.69) is 41.5 Å². The number of nitrogens with zero attached hydrogens (tertiary/aromatic N) is 3. The predicted molar refractivity (Wildman–Crippen MR) is 160 cm³/mol. The Bertz CT molecular complexity index is 1510. The molecule has 1 saturated heterocycles. The highest BCUT2D eigenvalue weighted by Crippen LogP contribution is 2.31. The maximum absolute atomic E-state index is 12.7. The monoisotopic (exact) mass is 576 g/mol. The number of carboxylic acids is 1. The number of carbonyl (C=O) groups is 2. The molecule has 2 N–H and O–H groups in total. The fourth-order valence-electron chi connectivity index (χ4n) is 5.19. The highest BCUT2D eigenvalue weighted by atomic mass is 35.5. The fraction of sp³-hybridized carbons (Fsp3) is 0.323. The summed E-state index contributed by atoms with van der Waals surface area (Å²) in [6.45, 7) is 2.86. The van der Waals surface area contributed by atoms with E-state index in [0.717, 1.165) is 58.7 Å². The molecule has 1 fully saturated rings. The number of benzene rings is 3. The minimum Gasteiger partial charge on any atom is -0.478 e. The zero-order chi connectivity index (χ0) is 28.1. The molecule has 0 saturated carbocycles. The molecule has 0 radical (unpaired) electrons. The van der Waals surface area contributed by atoms with Crippen molar-refractivity contribution in [3.05, 3.63) is 94.3 Å². The lowest BCUT2D eigenvalue weighted by atomic mass is 9.96. The summed E-state index contributed by atoms with van der Waals surface area (Å²) in [5.41, 5.74) is 2.85. The van der Waals surface area contributed by atoms with Gasteiger partial charge in [-0.05, 0) is 60.9 Å². The molecule has 1 amide bonds. The summed E-state index contributed by atoms with van der Waals surface area (Å²) in [5, 5.41) is 16.3. The fourth-order valence-corrected chi connectivity index (χ4v) is 6.53. The van der Waals surface area contributed by atoms with E-state index in [9.17, 15) is 14.7 Å². The van der Waals surface area contributed by atoms with Crippen LogP contribution in [0.5, 0.6) is 0 Å². The number of hydrogen-bond donors (Lipinski definition) is 2. The van der Waals surface area contributed by atoms with Crippen LogP contribution in [0.2, 0.25) is 5.15 Å². The van der Waals surface area contributed by atoms with Gasteiger partial charge in [-0.3, -0.25) is 4.79 Å². The molecule has 1 aliphatic heterocycles. The average molecular weight is 577 g/mol. The summed E-state index contributed by atoms with van der Waals surface area (Å²) < 4.78 is 1.99. The van der Waals surface area contributed by atoms with Crippen molar-refractivity contribution >= 4 is 46.0 Å². The number of carboxylic acid groups (broad SMARTS) is 1. The van der Waals surface area contributed by atoms with Crippen LogP contribution in [0.25, 0.3) is 10.8 Å². The summed E-state index contributed by atoms with van der Waals surface area (Å²) in [4.78, 5) is 31.6. The number of likely N-dealkylation sites (tertiary alicyclic amines) is 1. The lowest BCUT2D eigenvalue weighted by molar-refractivity contribution is -0.126. The average Bonchev–Trinajstić information content (AvgIpc) is 3.26. The second-order valence-corrected chi connectivity index (χ2v) is 11.5. The van der Waals surface area contributed by atoms with Crippen LogP contribution in [0.15, 0.2) is 71.9 Å². The van der Waals surface area contributed by atoms with Crippen LogP contribution in [0.1, 0.15) is 40.0 Å². The van der Waals surface area contributed by atoms with Gasteiger partial charge in [0.25, 0.3) is 0 Å². The number of aromatic nitrogens is 2. The largest absolute Gasteiger partial charge is 0.478 e. The minimum absolute atomic E-state index is 0.0519. The van der Waals surface area contributed by atoms with E-state index in [-0.39, 0.29) is 17.4 Å². The zero-order valence-corrected chi connectivity index (χ0v) is 24.0. The Labute approximate surface area is 243 Å². The van der Waals surface area contributed by atoms with Gasteiger partial charge in [-0.25, -0.2) is 9.78 Å². The number of fused-ring (bicyclic) bond motifs is 1. The molecule has 2 heterocycles. The van der Waals surface area contributed by atoms with Gasteiger partial charge in [-0.2, -0.15) is 0 Å². The van der Waals surface area contributed by atoms with Gasteiger partial charge in [-0.1, -0.05) is 84.0 Å². The molecule has 7 nitrogen and oxygen atoms in total. The Morgan fingerprint density at radius 1 is 1.02 bits per heavy atom. The SMILES string of the molecule is CN1CCC(C(=O)NCCc2nc(SCc3ccccc3C(=O)O)n(Cc3cccc4ccccc34)c2Cl)CC1. The Hall–Kier alpha value is -3.33. The lowest BCUT2D eigenvalue weighted by Crippen LogP contribution is -2.39. The maximum atomic E-state index is 12.7. The van der Waals surface area contributed by atoms with Crippen LogP contribution >= 0.6 is 23.4 Å². The molecule has 1 aliphatic rings. The van der Waals surface area contributed by atoms with Crippen molar-refractivity contribution in [3.8, 4) is 0 Å². The molecule has 1 aromatic heterocycles. The number of halogens is 1. The first-order valence-electron chi connectivity index (χ1n) is 13.5. The second-order valence-electron chi connectivity index (χ2n) is 10.2. The van der Waals surface area contributed by atoms with Crippen LogP contribution in [0.3, 0.4) is 0 Å². The third kappa shape index (κ3) is 6.52. The second kappa shape index (κ2) is 12.9. The van der Waals surface area contributed by atoms with Crippen molar-refractivity contribution in [3.63, 3.8) is 0 Å². The lowest BCUT2D eigenvalue weighted by Gasteiger charge is -2.28. The van der Waals surface area contributed by atoms with Gasteiger partial charge >= 0.3 is 5.97 Å². The number of aromatic carboxylic acids is 1. The van der Waals surface area contributed by atoms with E-state index < -0.39 is 5.97 Å². The van der Waals surface area contributed by atoms with Crippen LogP contribution in [0.4, 0.5) is 0 Å². The number of carbonyl (C=O) groups excluding carboxylic acids is 1. The molecular formula is C31H33ClN4O3S. The van der Waals surface area contributed by atoms with E-state index >= 15 is 0 Å². The van der Waals surface area contributed by atoms with Crippen LogP contribution in [0, 0.1) is 5.92 Å². The van der Waals surface area contributed by atoms with Gasteiger partial charge in [0, 0.05) is 24.6 Å². The van der Waals surface area contributed by atoms with Gasteiger partial charge in [0.15, 0.2) is 5.16 Å². The number of piperidine rings is 1. The Morgan fingerprint density at radius 2 is 1.73 bits per heavy atom. The number of nitrogens with one attached hydrogen (secondary N) is 1. The molecule has 40 heavy (non-hydrogen) atoms. The van der Waals surface area contributed by atoms with Crippen molar-refractivity contribution in [2.24, 2.45) is 5.92 Å². The van der Waals surface area contributed by atoms with E-state index in [4.69, 9.17) is 16.6 Å². The first-order valence-corrected chi connectivity index (χ1v) is 14.9. The Kier molecular flexibility index (Phi) is 9.09. The van der Waals surface area contributed by atoms with E-state index in [1.54, 1.807) is 12.1 Å². The summed E-state index contributed by atoms with van der Waals surface area (Å²) in [7, 11) is 2.08. The van der Waals surface area contributed by atoms with Gasteiger partial charge in [0.1, 0.15) is 5.15 Å². The van der Waals surface area contributed by atoms with Crippen LogP contribution < -0.4 is 5.32 Å². The molecule has 208 valence electrons. The molecule has 0 spiro atoms. The summed E-state index contributed by atoms with van der Waals surface area (Å²) in [6.07, 6.45) is 2.27. The highest BCUT2D eigenvalue weighted by molar-refractivity contribution is 7.98. The molecule has 9 heteroatoms. The summed E-state index contributed by atoms with van der Waals surface area (Å²) >= 11 is 8.42. The van der Waals surface area contributed by atoms with Crippen molar-refractivity contribution in [1.82, 2.24) is 19.8 Å².